The Balaban J connectivity index is 1.75. The first-order chi connectivity index (χ1) is 15.3. The van der Waals surface area contributed by atoms with Gasteiger partial charge in [-0.2, -0.15) is 9.30 Å². The molecule has 4 rings (SSSR count). The average Bonchev–Trinajstić information content (AvgIpc) is 3.37. The van der Waals surface area contributed by atoms with E-state index in [1.54, 1.807) is 17.7 Å². The van der Waals surface area contributed by atoms with Crippen molar-refractivity contribution in [2.75, 3.05) is 13.7 Å². The number of sulfonamides is 1. The molecule has 2 aromatic heterocycles. The summed E-state index contributed by atoms with van der Waals surface area (Å²) >= 11 is 8.23. The number of ether oxygens (including phenoxy) is 1. The van der Waals surface area contributed by atoms with Crippen molar-refractivity contribution < 1.29 is 17.9 Å². The third kappa shape index (κ3) is 4.36. The number of terminal acetylenes is 1. The van der Waals surface area contributed by atoms with E-state index in [2.05, 4.69) is 10.9 Å². The van der Waals surface area contributed by atoms with Crippen molar-refractivity contribution in [2.24, 2.45) is 4.99 Å². The normalized spacial score (nSPS) is 18.0. The Kier molecular flexibility index (Phi) is 6.74. The molecule has 1 aliphatic heterocycles. The summed E-state index contributed by atoms with van der Waals surface area (Å²) in [5.41, 5.74) is 0.835. The molecule has 1 unspecified atom stereocenters. The highest BCUT2D eigenvalue weighted by molar-refractivity contribution is 7.91. The number of piperidine rings is 1. The van der Waals surface area contributed by atoms with Crippen molar-refractivity contribution in [1.82, 2.24) is 8.87 Å². The summed E-state index contributed by atoms with van der Waals surface area (Å²) in [6.45, 7) is 0.497. The number of thiazole rings is 1. The molecule has 0 saturated carbocycles. The van der Waals surface area contributed by atoms with Crippen LogP contribution in [0, 0.1) is 12.3 Å². The summed E-state index contributed by atoms with van der Waals surface area (Å²) in [6.07, 6.45) is 7.38. The average molecular weight is 510 g/mol. The summed E-state index contributed by atoms with van der Waals surface area (Å²) in [5, 5.41) is 0. The number of fused-ring (bicyclic) bond motifs is 1. The van der Waals surface area contributed by atoms with Crippen LogP contribution in [-0.4, -0.2) is 42.9 Å². The molecule has 1 amide bonds. The zero-order chi connectivity index (χ0) is 22.9. The number of carbonyl (C=O) groups is 1. The van der Waals surface area contributed by atoms with Gasteiger partial charge >= 0.3 is 0 Å². The molecule has 11 heteroatoms. The van der Waals surface area contributed by atoms with Crippen LogP contribution in [0.15, 0.2) is 39.5 Å². The lowest BCUT2D eigenvalue weighted by molar-refractivity contribution is -0.122. The van der Waals surface area contributed by atoms with Gasteiger partial charge in [0, 0.05) is 6.54 Å². The van der Waals surface area contributed by atoms with Gasteiger partial charge in [-0.25, -0.2) is 8.42 Å². The molecule has 1 saturated heterocycles. The highest BCUT2D eigenvalue weighted by atomic mass is 35.5. The molecule has 0 N–H and O–H groups in total. The third-order valence-corrected chi connectivity index (χ3v) is 9.84. The van der Waals surface area contributed by atoms with Gasteiger partial charge in [-0.05, 0) is 43.2 Å². The Morgan fingerprint density at radius 2 is 2.12 bits per heavy atom. The lowest BCUT2D eigenvalue weighted by atomic mass is 10.0. The molecule has 7 nitrogen and oxygen atoms in total. The highest BCUT2D eigenvalue weighted by Gasteiger charge is 2.38. The number of benzene rings is 1. The van der Waals surface area contributed by atoms with E-state index in [-0.39, 0.29) is 17.3 Å². The SMILES string of the molecule is C#CCn1c(=NC(=O)C2CCCCN2S(=O)(=O)c2ccc(Cl)s2)sc2cc(OC)ccc21. The third-order valence-electron chi connectivity index (χ3n) is 5.20. The first-order valence-corrected chi connectivity index (χ1v) is 13.3. The molecular weight excluding hydrogens is 490 g/mol. The zero-order valence-electron chi connectivity index (χ0n) is 17.2. The Hall–Kier alpha value is -2.16. The minimum absolute atomic E-state index is 0.124. The molecular formula is C21H20ClN3O4S3. The molecule has 0 spiro atoms. The van der Waals surface area contributed by atoms with Crippen LogP contribution in [0.5, 0.6) is 5.75 Å². The number of aromatic nitrogens is 1. The largest absolute Gasteiger partial charge is 0.497 e. The van der Waals surface area contributed by atoms with Gasteiger partial charge in [0.15, 0.2) is 4.80 Å². The second kappa shape index (κ2) is 9.37. The second-order valence-corrected chi connectivity index (χ2v) is 12.0. The van der Waals surface area contributed by atoms with Crippen LogP contribution in [0.4, 0.5) is 0 Å². The van der Waals surface area contributed by atoms with Crippen molar-refractivity contribution in [3.8, 4) is 18.1 Å². The van der Waals surface area contributed by atoms with E-state index < -0.39 is 22.0 Å². The van der Waals surface area contributed by atoms with Crippen LogP contribution in [0.3, 0.4) is 0 Å². The molecule has 0 aliphatic carbocycles. The van der Waals surface area contributed by atoms with E-state index in [1.807, 2.05) is 18.2 Å². The Morgan fingerprint density at radius 1 is 1.31 bits per heavy atom. The van der Waals surface area contributed by atoms with Crippen LogP contribution < -0.4 is 9.54 Å². The fourth-order valence-electron chi connectivity index (χ4n) is 3.67. The van der Waals surface area contributed by atoms with Gasteiger partial charge in [0.1, 0.15) is 16.0 Å². The monoisotopic (exact) mass is 509 g/mol. The van der Waals surface area contributed by atoms with Crippen molar-refractivity contribution in [3.05, 3.63) is 39.5 Å². The van der Waals surface area contributed by atoms with Crippen LogP contribution in [0.25, 0.3) is 10.2 Å². The van der Waals surface area contributed by atoms with Crippen molar-refractivity contribution in [3.63, 3.8) is 0 Å². The summed E-state index contributed by atoms with van der Waals surface area (Å²) in [6, 6.07) is 7.68. The van der Waals surface area contributed by atoms with E-state index >= 15 is 0 Å². The highest BCUT2D eigenvalue weighted by Crippen LogP contribution is 2.32. The molecule has 3 aromatic rings. The molecule has 0 radical (unpaired) electrons. The minimum atomic E-state index is -3.85. The number of rotatable bonds is 5. The summed E-state index contributed by atoms with van der Waals surface area (Å²) in [7, 11) is -2.27. The molecule has 1 atom stereocenters. The number of nitrogens with zero attached hydrogens (tertiary/aromatic N) is 3. The standard InChI is InChI=1S/C21H20ClN3O4S3/c1-3-11-24-15-8-7-14(29-2)13-17(15)30-21(24)23-20(26)16-6-4-5-12-25(16)32(27,28)19-10-9-18(22)31-19/h1,7-10,13,16H,4-6,11-12H2,2H3. The predicted molar refractivity (Wildman–Crippen MR) is 127 cm³/mol. The fraction of sp³-hybridized carbons (Fsp3) is 0.333. The molecule has 0 bridgehead atoms. The lowest BCUT2D eigenvalue weighted by Crippen LogP contribution is -2.47. The fourth-order valence-corrected chi connectivity index (χ4v) is 8.00. The topological polar surface area (TPSA) is 81.0 Å². The van der Waals surface area contributed by atoms with Crippen LogP contribution in [0.2, 0.25) is 4.34 Å². The maximum absolute atomic E-state index is 13.2. The number of halogens is 1. The van der Waals surface area contributed by atoms with Crippen LogP contribution in [0.1, 0.15) is 19.3 Å². The first kappa shape index (κ1) is 23.0. The smallest absolute Gasteiger partial charge is 0.266 e. The summed E-state index contributed by atoms with van der Waals surface area (Å²) < 4.78 is 36.1. The van der Waals surface area contributed by atoms with Crippen molar-refractivity contribution >= 4 is 60.4 Å². The van der Waals surface area contributed by atoms with Gasteiger partial charge in [-0.15, -0.1) is 17.8 Å². The van der Waals surface area contributed by atoms with E-state index in [4.69, 9.17) is 22.8 Å². The molecule has 168 valence electrons. The first-order valence-electron chi connectivity index (χ1n) is 9.81. The Morgan fingerprint density at radius 3 is 2.81 bits per heavy atom. The van der Waals surface area contributed by atoms with E-state index in [9.17, 15) is 13.2 Å². The van der Waals surface area contributed by atoms with Gasteiger partial charge < -0.3 is 9.30 Å². The van der Waals surface area contributed by atoms with Gasteiger partial charge in [0.05, 0.1) is 28.2 Å². The van der Waals surface area contributed by atoms with E-state index in [1.165, 1.54) is 21.7 Å². The maximum Gasteiger partial charge on any atom is 0.266 e. The zero-order valence-corrected chi connectivity index (χ0v) is 20.4. The lowest BCUT2D eigenvalue weighted by Gasteiger charge is -2.31. The van der Waals surface area contributed by atoms with Crippen molar-refractivity contribution in [2.45, 2.75) is 36.1 Å². The number of carbonyl (C=O) groups excluding carboxylic acids is 1. The predicted octanol–water partition coefficient (Wildman–Crippen LogP) is 3.73. The van der Waals surface area contributed by atoms with Gasteiger partial charge in [-0.1, -0.05) is 35.3 Å². The van der Waals surface area contributed by atoms with Gasteiger partial charge in [-0.3, -0.25) is 4.79 Å². The van der Waals surface area contributed by atoms with Crippen LogP contribution >= 0.6 is 34.3 Å². The maximum atomic E-state index is 13.2. The number of amides is 1. The number of thiophene rings is 1. The molecule has 32 heavy (non-hydrogen) atoms. The summed E-state index contributed by atoms with van der Waals surface area (Å²) in [5.74, 6) is 2.77. The Labute approximate surface area is 199 Å². The number of hydrogen-bond acceptors (Lipinski definition) is 6. The molecule has 1 fully saturated rings. The number of hydrogen-bond donors (Lipinski definition) is 0. The van der Waals surface area contributed by atoms with Crippen LogP contribution in [-0.2, 0) is 21.4 Å². The van der Waals surface area contributed by atoms with E-state index in [0.717, 1.165) is 28.0 Å². The quantitative estimate of drug-likeness (QED) is 0.491. The Bertz CT molecular complexity index is 1380. The molecule has 1 aromatic carbocycles. The van der Waals surface area contributed by atoms with Crippen molar-refractivity contribution in [1.29, 1.82) is 0 Å². The molecule has 1 aliphatic rings. The molecule has 3 heterocycles. The van der Waals surface area contributed by atoms with E-state index in [0.29, 0.717) is 27.7 Å². The number of methoxy groups -OCH3 is 1. The summed E-state index contributed by atoms with van der Waals surface area (Å²) in [4.78, 5) is 18.0. The van der Waals surface area contributed by atoms with Gasteiger partial charge in [0.2, 0.25) is 0 Å². The van der Waals surface area contributed by atoms with Gasteiger partial charge in [0.25, 0.3) is 15.9 Å². The minimum Gasteiger partial charge on any atom is -0.497 e. The second-order valence-electron chi connectivity index (χ2n) is 7.14.